The van der Waals surface area contributed by atoms with E-state index in [9.17, 15) is 0 Å². The SMILES string of the molecule is CCCCC(CC)C[N+](C)(CC(CC)CCCC)CC(CC)CCCC. The molecule has 158 valence electrons. The number of unbranched alkanes of at least 4 members (excludes halogenated alkanes) is 3. The van der Waals surface area contributed by atoms with Crippen LogP contribution in [0.5, 0.6) is 0 Å². The highest BCUT2D eigenvalue weighted by atomic mass is 15.3. The molecule has 0 aromatic rings. The second-order valence-corrected chi connectivity index (χ2v) is 9.42. The van der Waals surface area contributed by atoms with Crippen molar-refractivity contribution in [2.45, 2.75) is 119 Å². The number of hydrogen-bond acceptors (Lipinski definition) is 0. The van der Waals surface area contributed by atoms with E-state index >= 15 is 0 Å². The minimum atomic E-state index is 0.923. The molecule has 26 heavy (non-hydrogen) atoms. The Morgan fingerprint density at radius 3 is 0.962 bits per heavy atom. The van der Waals surface area contributed by atoms with Crippen LogP contribution in [0.1, 0.15) is 119 Å². The maximum absolute atomic E-state index is 2.61. The van der Waals surface area contributed by atoms with Crippen molar-refractivity contribution in [3.8, 4) is 0 Å². The van der Waals surface area contributed by atoms with Gasteiger partial charge in [-0.25, -0.2) is 0 Å². The van der Waals surface area contributed by atoms with Gasteiger partial charge in [0.2, 0.25) is 0 Å². The van der Waals surface area contributed by atoms with Gasteiger partial charge in [-0.1, -0.05) is 80.1 Å². The highest BCUT2D eigenvalue weighted by molar-refractivity contribution is 4.65. The Hall–Kier alpha value is -0.0400. The van der Waals surface area contributed by atoms with Crippen molar-refractivity contribution in [2.75, 3.05) is 26.7 Å². The van der Waals surface area contributed by atoms with Gasteiger partial charge in [0.25, 0.3) is 0 Å². The number of quaternary nitrogens is 1. The maximum atomic E-state index is 2.61. The Labute approximate surface area is 167 Å². The summed E-state index contributed by atoms with van der Waals surface area (Å²) in [6.45, 7) is 18.6. The van der Waals surface area contributed by atoms with E-state index in [4.69, 9.17) is 0 Å². The van der Waals surface area contributed by atoms with E-state index in [1.807, 2.05) is 0 Å². The largest absolute Gasteiger partial charge is 0.325 e. The van der Waals surface area contributed by atoms with Crippen molar-refractivity contribution in [1.29, 1.82) is 0 Å². The molecule has 0 heterocycles. The lowest BCUT2D eigenvalue weighted by Gasteiger charge is -2.42. The van der Waals surface area contributed by atoms with Crippen LogP contribution in [0.3, 0.4) is 0 Å². The van der Waals surface area contributed by atoms with Crippen LogP contribution in [-0.2, 0) is 0 Å². The third kappa shape index (κ3) is 11.6. The zero-order valence-electron chi connectivity index (χ0n) is 19.8. The van der Waals surface area contributed by atoms with Gasteiger partial charge in [-0.2, -0.15) is 0 Å². The summed E-state index contributed by atoms with van der Waals surface area (Å²) in [5.74, 6) is 2.77. The Kier molecular flexibility index (Phi) is 15.9. The van der Waals surface area contributed by atoms with Crippen LogP contribution < -0.4 is 0 Å². The molecule has 0 spiro atoms. The Balaban J connectivity index is 5.12. The molecule has 0 amide bonds. The summed E-state index contributed by atoms with van der Waals surface area (Å²) in [5.41, 5.74) is 0. The van der Waals surface area contributed by atoms with Crippen LogP contribution >= 0.6 is 0 Å². The normalized spacial score (nSPS) is 17.7. The fourth-order valence-electron chi connectivity index (χ4n) is 4.85. The number of nitrogens with zero attached hydrogens (tertiary/aromatic N) is 1. The van der Waals surface area contributed by atoms with Gasteiger partial charge in [0.15, 0.2) is 0 Å². The van der Waals surface area contributed by atoms with Gasteiger partial charge in [-0.05, 0) is 38.5 Å². The highest BCUT2D eigenvalue weighted by Crippen LogP contribution is 2.26. The molecule has 0 aliphatic carbocycles. The van der Waals surface area contributed by atoms with Gasteiger partial charge < -0.3 is 4.48 Å². The summed E-state index contributed by atoms with van der Waals surface area (Å²) in [5, 5.41) is 0. The minimum Gasteiger partial charge on any atom is -0.325 e. The second-order valence-electron chi connectivity index (χ2n) is 9.42. The van der Waals surface area contributed by atoms with Gasteiger partial charge in [0, 0.05) is 17.8 Å². The molecule has 0 radical (unpaired) electrons. The van der Waals surface area contributed by atoms with Crippen molar-refractivity contribution in [3.05, 3.63) is 0 Å². The minimum absolute atomic E-state index is 0.923. The highest BCUT2D eigenvalue weighted by Gasteiger charge is 2.31. The van der Waals surface area contributed by atoms with Gasteiger partial charge >= 0.3 is 0 Å². The predicted molar refractivity (Wildman–Crippen MR) is 121 cm³/mol. The van der Waals surface area contributed by atoms with E-state index in [2.05, 4.69) is 48.6 Å². The van der Waals surface area contributed by atoms with E-state index < -0.39 is 0 Å². The van der Waals surface area contributed by atoms with Crippen molar-refractivity contribution < 1.29 is 4.48 Å². The molecular formula is C25H54N+. The van der Waals surface area contributed by atoms with E-state index in [1.165, 1.54) is 101 Å². The smallest absolute Gasteiger partial charge is 0.0813 e. The van der Waals surface area contributed by atoms with E-state index in [-0.39, 0.29) is 0 Å². The molecule has 0 aromatic heterocycles. The molecule has 0 aliphatic rings. The van der Waals surface area contributed by atoms with Crippen LogP contribution in [-0.4, -0.2) is 31.2 Å². The van der Waals surface area contributed by atoms with Crippen molar-refractivity contribution >= 4 is 0 Å². The lowest BCUT2D eigenvalue weighted by atomic mass is 9.91. The number of rotatable bonds is 18. The molecule has 0 fully saturated rings. The molecule has 0 rings (SSSR count). The maximum Gasteiger partial charge on any atom is 0.0813 e. The van der Waals surface area contributed by atoms with Crippen LogP contribution in [0.25, 0.3) is 0 Å². The molecule has 0 aliphatic heterocycles. The summed E-state index contributed by atoms with van der Waals surface area (Å²) < 4.78 is 1.34. The Bertz CT molecular complexity index is 253. The molecule has 0 bridgehead atoms. The summed E-state index contributed by atoms with van der Waals surface area (Å²) in [7, 11) is 2.61. The average Bonchev–Trinajstić information content (AvgIpc) is 2.65. The standard InChI is InChI=1S/C25H54N/c1-8-14-17-23(11-4)20-26(7,21-24(12-5)18-15-9-2)22-25(13-6)19-16-10-3/h23-25H,8-22H2,1-7H3/q+1. The fourth-order valence-corrected chi connectivity index (χ4v) is 4.85. The zero-order chi connectivity index (χ0) is 19.8. The molecule has 1 nitrogen and oxygen atoms in total. The quantitative estimate of drug-likeness (QED) is 0.214. The van der Waals surface area contributed by atoms with Crippen LogP contribution in [0.15, 0.2) is 0 Å². The molecule has 0 saturated carbocycles. The number of hydrogen-bond donors (Lipinski definition) is 0. The molecule has 0 aromatic carbocycles. The van der Waals surface area contributed by atoms with Crippen molar-refractivity contribution in [1.82, 2.24) is 0 Å². The molecular weight excluding hydrogens is 314 g/mol. The van der Waals surface area contributed by atoms with Crippen LogP contribution in [0.4, 0.5) is 0 Å². The monoisotopic (exact) mass is 368 g/mol. The van der Waals surface area contributed by atoms with Gasteiger partial charge in [0.1, 0.15) is 0 Å². The first-order valence-electron chi connectivity index (χ1n) is 12.3. The summed E-state index contributed by atoms with van der Waals surface area (Å²) >= 11 is 0. The van der Waals surface area contributed by atoms with E-state index in [0.29, 0.717) is 0 Å². The second kappa shape index (κ2) is 16.0. The fraction of sp³-hybridized carbons (Fsp3) is 1.00. The zero-order valence-corrected chi connectivity index (χ0v) is 19.8. The topological polar surface area (TPSA) is 0 Å². The van der Waals surface area contributed by atoms with Crippen molar-refractivity contribution in [3.63, 3.8) is 0 Å². The lowest BCUT2D eigenvalue weighted by molar-refractivity contribution is -0.919. The van der Waals surface area contributed by atoms with E-state index in [0.717, 1.165) is 17.8 Å². The Morgan fingerprint density at radius 1 is 0.500 bits per heavy atom. The summed E-state index contributed by atoms with van der Waals surface area (Å²) in [4.78, 5) is 0. The first-order valence-corrected chi connectivity index (χ1v) is 12.3. The summed E-state index contributed by atoms with van der Waals surface area (Å²) in [6, 6.07) is 0. The summed E-state index contributed by atoms with van der Waals surface area (Å²) in [6.07, 6.45) is 16.7. The Morgan fingerprint density at radius 2 is 0.769 bits per heavy atom. The molecule has 3 atom stereocenters. The average molecular weight is 369 g/mol. The van der Waals surface area contributed by atoms with Crippen LogP contribution in [0.2, 0.25) is 0 Å². The first-order chi connectivity index (χ1) is 12.5. The lowest BCUT2D eigenvalue weighted by Crippen LogP contribution is -2.52. The molecule has 0 saturated heterocycles. The van der Waals surface area contributed by atoms with E-state index in [1.54, 1.807) is 0 Å². The third-order valence-electron chi connectivity index (χ3n) is 6.73. The van der Waals surface area contributed by atoms with Gasteiger partial charge in [-0.3, -0.25) is 0 Å². The molecule has 3 unspecified atom stereocenters. The van der Waals surface area contributed by atoms with Gasteiger partial charge in [0.05, 0.1) is 26.7 Å². The molecule has 1 heteroatoms. The predicted octanol–water partition coefficient (Wildman–Crippen LogP) is 8.08. The van der Waals surface area contributed by atoms with Crippen LogP contribution in [0, 0.1) is 17.8 Å². The first kappa shape index (κ1) is 26.0. The third-order valence-corrected chi connectivity index (χ3v) is 6.73. The van der Waals surface area contributed by atoms with Gasteiger partial charge in [-0.15, -0.1) is 0 Å². The van der Waals surface area contributed by atoms with Crippen molar-refractivity contribution in [2.24, 2.45) is 17.8 Å². The molecule has 0 N–H and O–H groups in total.